The number of nitrogens with two attached hydrogens (primary N) is 1. The molecular weight excluding hydrogens is 242 g/mol. The Hall–Kier alpha value is -0.420. The number of rotatable bonds is 8. The van der Waals surface area contributed by atoms with Crippen LogP contribution in [0.4, 0.5) is 0 Å². The number of nitrogens with one attached hydrogen (secondary N) is 1. The maximum absolute atomic E-state index is 5.80. The van der Waals surface area contributed by atoms with Crippen molar-refractivity contribution < 1.29 is 0 Å². The summed E-state index contributed by atoms with van der Waals surface area (Å²) < 4.78 is 0. The fraction of sp³-hybridized carbons (Fsp3) is 0.714. The van der Waals surface area contributed by atoms with Gasteiger partial charge in [0.25, 0.3) is 0 Å². The summed E-state index contributed by atoms with van der Waals surface area (Å²) in [6.07, 6.45) is 0. The highest BCUT2D eigenvalue weighted by Gasteiger charge is 2.16. The van der Waals surface area contributed by atoms with Gasteiger partial charge in [-0.3, -0.25) is 0 Å². The highest BCUT2D eigenvalue weighted by atomic mass is 32.1. The van der Waals surface area contributed by atoms with E-state index in [-0.39, 0.29) is 0 Å². The van der Waals surface area contributed by atoms with Crippen LogP contribution in [0.15, 0.2) is 17.5 Å². The predicted molar refractivity (Wildman–Crippen MR) is 81.0 cm³/mol. The first-order chi connectivity index (χ1) is 8.56. The molecule has 0 bridgehead atoms. The first-order valence-corrected chi connectivity index (χ1v) is 7.54. The second kappa shape index (κ2) is 7.89. The highest BCUT2D eigenvalue weighted by Crippen LogP contribution is 2.22. The van der Waals surface area contributed by atoms with Gasteiger partial charge in [-0.05, 0) is 50.5 Å². The Morgan fingerprint density at radius 2 is 2.06 bits per heavy atom. The summed E-state index contributed by atoms with van der Waals surface area (Å²) in [7, 11) is 4.27. The molecule has 1 aromatic rings. The molecule has 104 valence electrons. The summed E-state index contributed by atoms with van der Waals surface area (Å²) in [5.41, 5.74) is 5.80. The number of hydrogen-bond acceptors (Lipinski definition) is 4. The molecule has 3 nitrogen and oxygen atoms in total. The lowest BCUT2D eigenvalue weighted by Crippen LogP contribution is -2.36. The normalized spacial score (nSPS) is 15.3. The number of nitrogens with zero attached hydrogens (tertiary/aromatic N) is 1. The molecule has 0 radical (unpaired) electrons. The topological polar surface area (TPSA) is 41.3 Å². The van der Waals surface area contributed by atoms with Gasteiger partial charge in [-0.1, -0.05) is 19.9 Å². The van der Waals surface area contributed by atoms with Crippen molar-refractivity contribution in [3.63, 3.8) is 0 Å². The maximum atomic E-state index is 5.80. The van der Waals surface area contributed by atoms with Crippen LogP contribution in [0.5, 0.6) is 0 Å². The van der Waals surface area contributed by atoms with Crippen LogP contribution in [0.3, 0.4) is 0 Å². The molecule has 3 N–H and O–H groups in total. The van der Waals surface area contributed by atoms with E-state index in [0.29, 0.717) is 17.9 Å². The highest BCUT2D eigenvalue weighted by molar-refractivity contribution is 7.10. The molecule has 0 aliphatic carbocycles. The third-order valence-electron chi connectivity index (χ3n) is 3.48. The monoisotopic (exact) mass is 269 g/mol. The second-order valence-corrected chi connectivity index (χ2v) is 6.37. The second-order valence-electron chi connectivity index (χ2n) is 5.39. The van der Waals surface area contributed by atoms with Crippen molar-refractivity contribution in [2.45, 2.75) is 19.9 Å². The zero-order valence-electron chi connectivity index (χ0n) is 12.0. The molecule has 18 heavy (non-hydrogen) atoms. The molecule has 1 aromatic heterocycles. The molecule has 0 saturated carbocycles. The van der Waals surface area contributed by atoms with E-state index in [1.807, 2.05) is 11.3 Å². The van der Waals surface area contributed by atoms with Crippen LogP contribution in [-0.4, -0.2) is 38.6 Å². The van der Waals surface area contributed by atoms with E-state index in [9.17, 15) is 0 Å². The standard InChI is InChI=1S/C14H27N3S/c1-11(2)12(8-15)9-16-10-13(17(3)4)14-6-5-7-18-14/h5-7,11-13,16H,8-10,15H2,1-4H3. The van der Waals surface area contributed by atoms with Gasteiger partial charge < -0.3 is 16.0 Å². The minimum atomic E-state index is 0.454. The molecular formula is C14H27N3S. The van der Waals surface area contributed by atoms with Crippen LogP contribution in [0.2, 0.25) is 0 Å². The molecule has 0 amide bonds. The van der Waals surface area contributed by atoms with Gasteiger partial charge in [0.15, 0.2) is 0 Å². The van der Waals surface area contributed by atoms with E-state index in [0.717, 1.165) is 19.6 Å². The summed E-state index contributed by atoms with van der Waals surface area (Å²) in [5, 5.41) is 5.71. The van der Waals surface area contributed by atoms with Crippen molar-refractivity contribution in [1.82, 2.24) is 10.2 Å². The summed E-state index contributed by atoms with van der Waals surface area (Å²) >= 11 is 1.82. The van der Waals surface area contributed by atoms with E-state index in [2.05, 4.69) is 55.7 Å². The van der Waals surface area contributed by atoms with Gasteiger partial charge in [-0.25, -0.2) is 0 Å². The molecule has 0 aliphatic heterocycles. The molecule has 0 saturated heterocycles. The lowest BCUT2D eigenvalue weighted by molar-refractivity contribution is 0.279. The van der Waals surface area contributed by atoms with Gasteiger partial charge >= 0.3 is 0 Å². The summed E-state index contributed by atoms with van der Waals surface area (Å²) in [6.45, 7) is 7.22. The summed E-state index contributed by atoms with van der Waals surface area (Å²) in [6, 6.07) is 4.78. The first kappa shape index (κ1) is 15.6. The number of likely N-dealkylation sites (N-methyl/N-ethyl adjacent to an activating group) is 1. The fourth-order valence-electron chi connectivity index (χ4n) is 2.02. The van der Waals surface area contributed by atoms with Crippen molar-refractivity contribution >= 4 is 11.3 Å². The Labute approximate surface area is 115 Å². The van der Waals surface area contributed by atoms with Crippen molar-refractivity contribution in [2.24, 2.45) is 17.6 Å². The molecule has 1 heterocycles. The minimum absolute atomic E-state index is 0.454. The minimum Gasteiger partial charge on any atom is -0.330 e. The zero-order valence-corrected chi connectivity index (χ0v) is 12.8. The van der Waals surface area contributed by atoms with E-state index >= 15 is 0 Å². The van der Waals surface area contributed by atoms with E-state index in [1.165, 1.54) is 4.88 Å². The van der Waals surface area contributed by atoms with Gasteiger partial charge in [0, 0.05) is 11.4 Å². The van der Waals surface area contributed by atoms with Crippen LogP contribution in [0.25, 0.3) is 0 Å². The Bertz CT molecular complexity index is 309. The quantitative estimate of drug-likeness (QED) is 0.760. The van der Waals surface area contributed by atoms with Gasteiger partial charge in [0.05, 0.1) is 6.04 Å². The molecule has 0 fully saturated rings. The van der Waals surface area contributed by atoms with Crippen LogP contribution in [-0.2, 0) is 0 Å². The largest absolute Gasteiger partial charge is 0.330 e. The summed E-state index contributed by atoms with van der Waals surface area (Å²) in [4.78, 5) is 3.69. The van der Waals surface area contributed by atoms with Crippen LogP contribution >= 0.6 is 11.3 Å². The average molecular weight is 269 g/mol. The van der Waals surface area contributed by atoms with E-state index in [4.69, 9.17) is 5.73 Å². The molecule has 2 atom stereocenters. The lowest BCUT2D eigenvalue weighted by atomic mass is 9.96. The summed E-state index contributed by atoms with van der Waals surface area (Å²) in [5.74, 6) is 1.21. The van der Waals surface area contributed by atoms with Crippen molar-refractivity contribution in [1.29, 1.82) is 0 Å². The van der Waals surface area contributed by atoms with Gasteiger partial charge in [-0.15, -0.1) is 11.3 Å². The smallest absolute Gasteiger partial charge is 0.0561 e. The van der Waals surface area contributed by atoms with Crippen molar-refractivity contribution in [3.05, 3.63) is 22.4 Å². The van der Waals surface area contributed by atoms with Crippen molar-refractivity contribution in [2.75, 3.05) is 33.7 Å². The molecule has 0 aliphatic rings. The molecule has 1 rings (SSSR count). The van der Waals surface area contributed by atoms with E-state index in [1.54, 1.807) is 0 Å². The lowest BCUT2D eigenvalue weighted by Gasteiger charge is -2.26. The Morgan fingerprint density at radius 1 is 1.33 bits per heavy atom. The SMILES string of the molecule is CC(C)C(CN)CNCC(c1cccs1)N(C)C. The molecule has 0 aromatic carbocycles. The van der Waals surface area contributed by atoms with Gasteiger partial charge in [0.1, 0.15) is 0 Å². The predicted octanol–water partition coefficient (Wildman–Crippen LogP) is 2.17. The molecule has 0 spiro atoms. The molecule has 2 unspecified atom stereocenters. The third kappa shape index (κ3) is 4.69. The zero-order chi connectivity index (χ0) is 13.5. The number of hydrogen-bond donors (Lipinski definition) is 2. The van der Waals surface area contributed by atoms with Crippen LogP contribution in [0.1, 0.15) is 24.8 Å². The van der Waals surface area contributed by atoms with Crippen LogP contribution in [0, 0.1) is 11.8 Å². The Balaban J connectivity index is 2.44. The van der Waals surface area contributed by atoms with E-state index < -0.39 is 0 Å². The third-order valence-corrected chi connectivity index (χ3v) is 4.46. The fourth-order valence-corrected chi connectivity index (χ4v) is 2.94. The number of thiophene rings is 1. The van der Waals surface area contributed by atoms with Gasteiger partial charge in [-0.2, -0.15) is 0 Å². The Morgan fingerprint density at radius 3 is 2.50 bits per heavy atom. The first-order valence-electron chi connectivity index (χ1n) is 6.66. The molecule has 4 heteroatoms. The van der Waals surface area contributed by atoms with Crippen molar-refractivity contribution in [3.8, 4) is 0 Å². The average Bonchev–Trinajstić information content (AvgIpc) is 2.81. The Kier molecular flexibility index (Phi) is 6.86. The van der Waals surface area contributed by atoms with Crippen LogP contribution < -0.4 is 11.1 Å². The van der Waals surface area contributed by atoms with Gasteiger partial charge in [0.2, 0.25) is 0 Å². The maximum Gasteiger partial charge on any atom is 0.0561 e.